The Morgan fingerprint density at radius 2 is 1.14 bits per heavy atom. The first kappa shape index (κ1) is 21.8. The predicted octanol–water partition coefficient (Wildman–Crippen LogP) is 5.73. The molecule has 22 heavy (non-hydrogen) atoms. The van der Waals surface area contributed by atoms with Crippen LogP contribution in [0.5, 0.6) is 0 Å². The SMILES string of the molecule is C=C(C)CCCCCCCCC[Si](OCC)(OCC)OCC. The van der Waals surface area contributed by atoms with Gasteiger partial charge in [0.05, 0.1) is 0 Å². The van der Waals surface area contributed by atoms with Crippen molar-refractivity contribution in [2.24, 2.45) is 0 Å². The second kappa shape index (κ2) is 14.4. The van der Waals surface area contributed by atoms with Crippen LogP contribution in [0.25, 0.3) is 0 Å². The minimum atomic E-state index is -2.40. The highest BCUT2D eigenvalue weighted by Gasteiger charge is 2.39. The summed E-state index contributed by atoms with van der Waals surface area (Å²) in [5, 5.41) is 0. The maximum Gasteiger partial charge on any atom is 0.500 e. The maximum atomic E-state index is 5.88. The molecule has 0 heterocycles. The maximum absolute atomic E-state index is 5.88. The Morgan fingerprint density at radius 3 is 1.55 bits per heavy atom. The first-order valence-electron chi connectivity index (χ1n) is 9.16. The molecule has 0 bridgehead atoms. The van der Waals surface area contributed by atoms with Gasteiger partial charge in [-0.1, -0.05) is 37.7 Å². The average molecular weight is 331 g/mol. The average Bonchev–Trinajstić information content (AvgIpc) is 2.46. The van der Waals surface area contributed by atoms with Crippen LogP contribution < -0.4 is 0 Å². The zero-order valence-electron chi connectivity index (χ0n) is 15.4. The number of allylic oxidation sites excluding steroid dienone is 1. The lowest BCUT2D eigenvalue weighted by atomic mass is 10.1. The Balaban J connectivity index is 3.77. The van der Waals surface area contributed by atoms with E-state index in [4.69, 9.17) is 13.3 Å². The van der Waals surface area contributed by atoms with Gasteiger partial charge in [0, 0.05) is 25.9 Å². The van der Waals surface area contributed by atoms with E-state index < -0.39 is 8.80 Å². The molecule has 0 aliphatic heterocycles. The minimum Gasteiger partial charge on any atom is -0.374 e. The van der Waals surface area contributed by atoms with Crippen LogP contribution in [0.4, 0.5) is 0 Å². The van der Waals surface area contributed by atoms with Gasteiger partial charge in [0.1, 0.15) is 0 Å². The Hall–Kier alpha value is -0.163. The van der Waals surface area contributed by atoms with Crippen LogP contribution in [0.3, 0.4) is 0 Å². The molecule has 3 nitrogen and oxygen atoms in total. The number of rotatable bonds is 16. The monoisotopic (exact) mass is 330 g/mol. The zero-order valence-corrected chi connectivity index (χ0v) is 16.4. The molecule has 0 atom stereocenters. The highest BCUT2D eigenvalue weighted by Crippen LogP contribution is 2.21. The van der Waals surface area contributed by atoms with Gasteiger partial charge in [-0.25, -0.2) is 0 Å². The van der Waals surface area contributed by atoms with Crippen LogP contribution in [0.15, 0.2) is 12.2 Å². The van der Waals surface area contributed by atoms with Crippen molar-refractivity contribution in [3.05, 3.63) is 12.2 Å². The lowest BCUT2D eigenvalue weighted by Gasteiger charge is -2.28. The van der Waals surface area contributed by atoms with Crippen LogP contribution in [0.2, 0.25) is 6.04 Å². The van der Waals surface area contributed by atoms with E-state index in [1.165, 1.54) is 50.5 Å². The third kappa shape index (κ3) is 11.4. The molecule has 0 aliphatic carbocycles. The number of hydrogen-bond acceptors (Lipinski definition) is 3. The molecule has 0 amide bonds. The fourth-order valence-electron chi connectivity index (χ4n) is 2.65. The van der Waals surface area contributed by atoms with E-state index in [1.807, 2.05) is 20.8 Å². The van der Waals surface area contributed by atoms with Gasteiger partial charge in [0.15, 0.2) is 0 Å². The van der Waals surface area contributed by atoms with Crippen molar-refractivity contribution in [2.75, 3.05) is 19.8 Å². The van der Waals surface area contributed by atoms with Crippen LogP contribution in [0, 0.1) is 0 Å². The Bertz CT molecular complexity index is 252. The zero-order chi connectivity index (χ0) is 16.7. The molecule has 0 aromatic heterocycles. The molecule has 0 fully saturated rings. The fourth-order valence-corrected chi connectivity index (χ4v) is 5.34. The van der Waals surface area contributed by atoms with Gasteiger partial charge in [0.2, 0.25) is 0 Å². The third-order valence-corrected chi connectivity index (χ3v) is 6.83. The van der Waals surface area contributed by atoms with Crippen molar-refractivity contribution < 1.29 is 13.3 Å². The first-order valence-corrected chi connectivity index (χ1v) is 11.1. The highest BCUT2D eigenvalue weighted by molar-refractivity contribution is 6.60. The smallest absolute Gasteiger partial charge is 0.374 e. The van der Waals surface area contributed by atoms with E-state index in [0.29, 0.717) is 19.8 Å². The van der Waals surface area contributed by atoms with E-state index in [-0.39, 0.29) is 0 Å². The van der Waals surface area contributed by atoms with Crippen molar-refractivity contribution in [2.45, 2.75) is 85.1 Å². The van der Waals surface area contributed by atoms with Crippen molar-refractivity contribution in [3.63, 3.8) is 0 Å². The molecule has 0 aliphatic rings. The molecule has 0 rings (SSSR count). The summed E-state index contributed by atoms with van der Waals surface area (Å²) in [7, 11) is -2.40. The van der Waals surface area contributed by atoms with Crippen molar-refractivity contribution >= 4 is 8.80 Å². The van der Waals surface area contributed by atoms with Crippen molar-refractivity contribution in [3.8, 4) is 0 Å². The summed E-state index contributed by atoms with van der Waals surface area (Å²) in [6, 6.07) is 0.957. The summed E-state index contributed by atoms with van der Waals surface area (Å²) >= 11 is 0. The molecular formula is C18H38O3Si. The molecule has 4 heteroatoms. The van der Waals surface area contributed by atoms with Gasteiger partial charge in [-0.3, -0.25) is 0 Å². The summed E-state index contributed by atoms with van der Waals surface area (Å²) in [6.45, 7) is 14.1. The summed E-state index contributed by atoms with van der Waals surface area (Å²) in [4.78, 5) is 0. The Kier molecular flexibility index (Phi) is 14.3. The molecule has 0 saturated heterocycles. The molecule has 0 N–H and O–H groups in total. The molecular weight excluding hydrogens is 292 g/mol. The summed E-state index contributed by atoms with van der Waals surface area (Å²) < 4.78 is 17.6. The second-order valence-corrected chi connectivity index (χ2v) is 8.65. The van der Waals surface area contributed by atoms with E-state index in [1.54, 1.807) is 0 Å². The largest absolute Gasteiger partial charge is 0.500 e. The molecule has 0 radical (unpaired) electrons. The van der Waals surface area contributed by atoms with E-state index in [9.17, 15) is 0 Å². The van der Waals surface area contributed by atoms with Gasteiger partial charge < -0.3 is 13.3 Å². The second-order valence-electron chi connectivity index (χ2n) is 5.91. The molecule has 0 spiro atoms. The molecule has 0 aromatic carbocycles. The lowest BCUT2D eigenvalue weighted by molar-refractivity contribution is 0.0706. The number of hydrogen-bond donors (Lipinski definition) is 0. The standard InChI is InChI=1S/C18H38O3Si/c1-6-19-22(20-7-2,21-8-3)17-15-13-11-9-10-12-14-16-18(4)5/h4,6-17H2,1-3,5H3. The van der Waals surface area contributed by atoms with E-state index >= 15 is 0 Å². The van der Waals surface area contributed by atoms with Crippen molar-refractivity contribution in [1.29, 1.82) is 0 Å². The predicted molar refractivity (Wildman–Crippen MR) is 97.2 cm³/mol. The minimum absolute atomic E-state index is 0.676. The van der Waals surface area contributed by atoms with Crippen LogP contribution in [-0.4, -0.2) is 28.6 Å². The van der Waals surface area contributed by atoms with E-state index in [2.05, 4.69) is 13.5 Å². The fraction of sp³-hybridized carbons (Fsp3) is 0.889. The third-order valence-electron chi connectivity index (χ3n) is 3.68. The Morgan fingerprint density at radius 1 is 0.727 bits per heavy atom. The quantitative estimate of drug-likeness (QED) is 0.205. The highest BCUT2D eigenvalue weighted by atomic mass is 28.4. The van der Waals surface area contributed by atoms with E-state index in [0.717, 1.165) is 12.5 Å². The normalized spacial score (nSPS) is 11.8. The van der Waals surface area contributed by atoms with Gasteiger partial charge >= 0.3 is 8.80 Å². The van der Waals surface area contributed by atoms with Gasteiger partial charge in [-0.15, -0.1) is 6.58 Å². The first-order chi connectivity index (χ1) is 10.6. The van der Waals surface area contributed by atoms with Gasteiger partial charge in [-0.05, 0) is 47.0 Å². The lowest BCUT2D eigenvalue weighted by Crippen LogP contribution is -2.45. The van der Waals surface area contributed by atoms with Gasteiger partial charge in [0.25, 0.3) is 0 Å². The molecule has 0 aromatic rings. The summed E-state index contributed by atoms with van der Waals surface area (Å²) in [5.74, 6) is 0. The van der Waals surface area contributed by atoms with Crippen molar-refractivity contribution in [1.82, 2.24) is 0 Å². The summed E-state index contributed by atoms with van der Waals surface area (Å²) in [5.41, 5.74) is 1.31. The molecule has 0 unspecified atom stereocenters. The van der Waals surface area contributed by atoms with Crippen LogP contribution >= 0.6 is 0 Å². The molecule has 132 valence electrons. The van der Waals surface area contributed by atoms with Crippen LogP contribution in [0.1, 0.15) is 79.1 Å². The number of unbranched alkanes of at least 4 members (excludes halogenated alkanes) is 6. The summed E-state index contributed by atoms with van der Waals surface area (Å²) in [6.07, 6.45) is 10.2. The molecule has 0 saturated carbocycles. The van der Waals surface area contributed by atoms with Gasteiger partial charge in [-0.2, -0.15) is 0 Å². The Labute approximate surface area is 139 Å². The van der Waals surface area contributed by atoms with Crippen LogP contribution in [-0.2, 0) is 13.3 Å². The topological polar surface area (TPSA) is 27.7 Å².